The van der Waals surface area contributed by atoms with Crippen molar-refractivity contribution in [1.82, 2.24) is 0 Å². The normalized spacial score (nSPS) is 31.0. The Morgan fingerprint density at radius 2 is 2.00 bits per heavy atom. The van der Waals surface area contributed by atoms with Gasteiger partial charge in [0.2, 0.25) is 0 Å². The van der Waals surface area contributed by atoms with Crippen LogP contribution in [0.4, 0.5) is 8.78 Å². The second-order valence-corrected chi connectivity index (χ2v) is 6.72. The summed E-state index contributed by atoms with van der Waals surface area (Å²) in [6.07, 6.45) is 0.263. The minimum absolute atomic E-state index is 0.179. The first-order valence-electron chi connectivity index (χ1n) is 5.48. The van der Waals surface area contributed by atoms with Crippen LogP contribution in [0, 0.1) is 5.41 Å². The van der Waals surface area contributed by atoms with E-state index < -0.39 is 45.1 Å². The van der Waals surface area contributed by atoms with E-state index in [4.69, 9.17) is 5.11 Å². The average molecular weight is 270 g/mol. The second-order valence-electron chi connectivity index (χ2n) is 4.54. The molecule has 4 nitrogen and oxygen atoms in total. The molecular formula is C10H16F2O4S. The average Bonchev–Trinajstić information content (AvgIpc) is 2.14. The molecule has 7 heteroatoms. The lowest BCUT2D eigenvalue weighted by molar-refractivity contribution is -0.178. The second kappa shape index (κ2) is 4.51. The van der Waals surface area contributed by atoms with Crippen LogP contribution in [0.15, 0.2) is 0 Å². The van der Waals surface area contributed by atoms with E-state index in [1.807, 2.05) is 0 Å². The van der Waals surface area contributed by atoms with E-state index in [0.717, 1.165) is 0 Å². The van der Waals surface area contributed by atoms with Gasteiger partial charge in [0.25, 0.3) is 5.92 Å². The van der Waals surface area contributed by atoms with Gasteiger partial charge in [-0.25, -0.2) is 17.2 Å². The molecule has 1 rings (SSSR count). The van der Waals surface area contributed by atoms with Crippen LogP contribution in [0.25, 0.3) is 0 Å². The van der Waals surface area contributed by atoms with E-state index in [1.54, 1.807) is 6.92 Å². The third-order valence-corrected chi connectivity index (χ3v) is 4.94. The van der Waals surface area contributed by atoms with Gasteiger partial charge < -0.3 is 5.11 Å². The number of sulfone groups is 1. The summed E-state index contributed by atoms with van der Waals surface area (Å²) in [7, 11) is -3.83. The lowest BCUT2D eigenvalue weighted by Crippen LogP contribution is -2.56. The van der Waals surface area contributed by atoms with Crippen LogP contribution in [0.2, 0.25) is 0 Å². The lowest BCUT2D eigenvalue weighted by Gasteiger charge is -2.40. The van der Waals surface area contributed by atoms with Gasteiger partial charge in [-0.1, -0.05) is 19.8 Å². The molecule has 0 radical (unpaired) electrons. The smallest absolute Gasteiger partial charge is 0.315 e. The topological polar surface area (TPSA) is 71.4 Å². The number of hydrogen-bond acceptors (Lipinski definition) is 3. The largest absolute Gasteiger partial charge is 0.481 e. The van der Waals surface area contributed by atoms with E-state index in [0.29, 0.717) is 12.8 Å². The zero-order valence-electron chi connectivity index (χ0n) is 9.58. The molecule has 0 spiro atoms. The van der Waals surface area contributed by atoms with Crippen molar-refractivity contribution >= 4 is 15.8 Å². The molecule has 0 saturated carbocycles. The van der Waals surface area contributed by atoms with Crippen molar-refractivity contribution in [1.29, 1.82) is 0 Å². The first-order chi connectivity index (χ1) is 7.67. The molecular weight excluding hydrogens is 254 g/mol. The summed E-state index contributed by atoms with van der Waals surface area (Å²) in [5.74, 6) is -7.11. The number of carbonyl (C=O) groups is 1. The van der Waals surface area contributed by atoms with Crippen molar-refractivity contribution in [3.8, 4) is 0 Å². The van der Waals surface area contributed by atoms with Gasteiger partial charge in [-0.2, -0.15) is 0 Å². The Morgan fingerprint density at radius 1 is 1.41 bits per heavy atom. The summed E-state index contributed by atoms with van der Waals surface area (Å²) in [4.78, 5) is 11.1. The maximum absolute atomic E-state index is 13.8. The fourth-order valence-electron chi connectivity index (χ4n) is 2.16. The molecule has 1 aliphatic heterocycles. The molecule has 1 atom stereocenters. The molecule has 0 aromatic heterocycles. The van der Waals surface area contributed by atoms with Crippen molar-refractivity contribution in [2.24, 2.45) is 5.41 Å². The molecule has 0 aromatic rings. The van der Waals surface area contributed by atoms with E-state index in [1.165, 1.54) is 0 Å². The summed E-state index contributed by atoms with van der Waals surface area (Å²) in [6, 6.07) is 0. The van der Waals surface area contributed by atoms with E-state index in [9.17, 15) is 22.0 Å². The van der Waals surface area contributed by atoms with Crippen LogP contribution in [-0.4, -0.2) is 36.9 Å². The van der Waals surface area contributed by atoms with Crippen molar-refractivity contribution in [3.63, 3.8) is 0 Å². The van der Waals surface area contributed by atoms with Crippen LogP contribution in [-0.2, 0) is 14.6 Å². The molecule has 17 heavy (non-hydrogen) atoms. The number of unbranched alkanes of at least 4 members (excludes halogenated alkanes) is 1. The van der Waals surface area contributed by atoms with Crippen LogP contribution in [0.1, 0.15) is 32.6 Å². The third kappa shape index (κ3) is 2.59. The van der Waals surface area contributed by atoms with Gasteiger partial charge in [0.1, 0.15) is 11.2 Å². The lowest BCUT2D eigenvalue weighted by atomic mass is 9.74. The maximum atomic E-state index is 13.8. The molecule has 0 aliphatic carbocycles. The van der Waals surface area contributed by atoms with E-state index in [-0.39, 0.29) is 6.42 Å². The van der Waals surface area contributed by atoms with Gasteiger partial charge in [-0.15, -0.1) is 0 Å². The molecule has 1 fully saturated rings. The van der Waals surface area contributed by atoms with Crippen molar-refractivity contribution in [2.45, 2.75) is 38.5 Å². The van der Waals surface area contributed by atoms with Gasteiger partial charge in [-0.3, -0.25) is 4.79 Å². The Bertz CT molecular complexity index is 405. The van der Waals surface area contributed by atoms with E-state index in [2.05, 4.69) is 0 Å². The highest BCUT2D eigenvalue weighted by Crippen LogP contribution is 2.48. The van der Waals surface area contributed by atoms with Crippen molar-refractivity contribution in [3.05, 3.63) is 0 Å². The molecule has 1 aliphatic rings. The van der Waals surface area contributed by atoms with Crippen LogP contribution >= 0.6 is 0 Å². The molecule has 100 valence electrons. The number of aliphatic carboxylic acids is 1. The van der Waals surface area contributed by atoms with Crippen molar-refractivity contribution in [2.75, 3.05) is 11.5 Å². The van der Waals surface area contributed by atoms with Gasteiger partial charge in [0.05, 0.1) is 5.75 Å². The zero-order chi connectivity index (χ0) is 13.3. The molecule has 1 unspecified atom stereocenters. The Hall–Kier alpha value is -0.720. The summed E-state index contributed by atoms with van der Waals surface area (Å²) in [5, 5.41) is 9.05. The zero-order valence-corrected chi connectivity index (χ0v) is 10.4. The molecule has 1 saturated heterocycles. The fourth-order valence-corrected chi connectivity index (χ4v) is 3.79. The number of rotatable bonds is 4. The molecule has 0 bridgehead atoms. The highest BCUT2D eigenvalue weighted by molar-refractivity contribution is 7.91. The standard InChI is InChI=1S/C10H16F2O4S/c1-2-3-4-9(8(13)14)5-6-17(15,16)7-10(9,11)12/h2-7H2,1H3,(H,13,14). The molecule has 1 heterocycles. The third-order valence-electron chi connectivity index (χ3n) is 3.31. The predicted molar refractivity (Wildman–Crippen MR) is 57.8 cm³/mol. The number of alkyl halides is 2. The first-order valence-corrected chi connectivity index (χ1v) is 7.31. The van der Waals surface area contributed by atoms with Crippen LogP contribution in [0.5, 0.6) is 0 Å². The van der Waals surface area contributed by atoms with Crippen molar-refractivity contribution < 1.29 is 27.1 Å². The monoisotopic (exact) mass is 270 g/mol. The summed E-state index contributed by atoms with van der Waals surface area (Å²) in [6.45, 7) is 1.77. The Labute approximate surface area is 98.9 Å². The maximum Gasteiger partial charge on any atom is 0.315 e. The summed E-state index contributed by atoms with van der Waals surface area (Å²) >= 11 is 0. The van der Waals surface area contributed by atoms with Gasteiger partial charge >= 0.3 is 5.97 Å². The van der Waals surface area contributed by atoms with Gasteiger partial charge in [0, 0.05) is 0 Å². The molecule has 0 amide bonds. The molecule has 0 aromatic carbocycles. The molecule has 1 N–H and O–H groups in total. The first kappa shape index (κ1) is 14.3. The summed E-state index contributed by atoms with van der Waals surface area (Å²) < 4.78 is 50.0. The fraction of sp³-hybridized carbons (Fsp3) is 0.900. The summed E-state index contributed by atoms with van der Waals surface area (Å²) in [5.41, 5.74) is -2.21. The van der Waals surface area contributed by atoms with E-state index >= 15 is 0 Å². The number of carboxylic acid groups (broad SMARTS) is 1. The highest BCUT2D eigenvalue weighted by atomic mass is 32.2. The minimum Gasteiger partial charge on any atom is -0.481 e. The van der Waals surface area contributed by atoms with Gasteiger partial charge in [0.15, 0.2) is 9.84 Å². The van der Waals surface area contributed by atoms with Crippen LogP contribution in [0.3, 0.4) is 0 Å². The van der Waals surface area contributed by atoms with Crippen LogP contribution < -0.4 is 0 Å². The number of hydrogen-bond donors (Lipinski definition) is 1. The Kier molecular flexibility index (Phi) is 3.81. The Morgan fingerprint density at radius 3 is 2.41 bits per heavy atom. The SMILES string of the molecule is CCCCC1(C(=O)O)CCS(=O)(=O)CC1(F)F. The highest BCUT2D eigenvalue weighted by Gasteiger charge is 2.63. The minimum atomic E-state index is -3.83. The quantitative estimate of drug-likeness (QED) is 0.844. The van der Waals surface area contributed by atoms with Gasteiger partial charge in [-0.05, 0) is 12.8 Å². The number of halogens is 2. The Balaban J connectivity index is 3.10. The predicted octanol–water partition coefficient (Wildman–Crippen LogP) is 1.70. The number of carboxylic acids is 1.